The third-order valence-corrected chi connectivity index (χ3v) is 2.46. The van der Waals surface area contributed by atoms with Gasteiger partial charge in [0.2, 0.25) is 0 Å². The number of rotatable bonds is 5. The monoisotopic (exact) mass is 164 g/mol. The molecule has 1 aliphatic carbocycles. The van der Waals surface area contributed by atoms with Gasteiger partial charge in [-0.25, -0.2) is 0 Å². The summed E-state index contributed by atoms with van der Waals surface area (Å²) in [5.74, 6) is 0. The fraction of sp³-hybridized carbons (Fsp3) is 0.667. The topological polar surface area (TPSA) is 0 Å². The first-order valence-corrected chi connectivity index (χ1v) is 5.27. The fourth-order valence-corrected chi connectivity index (χ4v) is 1.77. The summed E-state index contributed by atoms with van der Waals surface area (Å²) < 4.78 is 0. The normalized spacial score (nSPS) is 16.2. The van der Waals surface area contributed by atoms with Gasteiger partial charge in [0.05, 0.1) is 0 Å². The lowest BCUT2D eigenvalue weighted by molar-refractivity contribution is 0.779. The van der Waals surface area contributed by atoms with Crippen LogP contribution in [-0.4, -0.2) is 0 Å². The summed E-state index contributed by atoms with van der Waals surface area (Å²) in [7, 11) is 0. The molecule has 0 heteroatoms. The van der Waals surface area contributed by atoms with Gasteiger partial charge in [-0.05, 0) is 36.8 Å². The zero-order chi connectivity index (χ0) is 8.81. The highest BCUT2D eigenvalue weighted by molar-refractivity contribution is 5.36. The lowest BCUT2D eigenvalue weighted by Gasteiger charge is -2.06. The molecule has 12 heavy (non-hydrogen) atoms. The van der Waals surface area contributed by atoms with Gasteiger partial charge in [-0.2, -0.15) is 0 Å². The predicted molar refractivity (Wildman–Crippen MR) is 55.2 cm³/mol. The maximum atomic E-state index is 2.40. The van der Waals surface area contributed by atoms with Crippen LogP contribution < -0.4 is 0 Å². The van der Waals surface area contributed by atoms with Crippen molar-refractivity contribution in [2.45, 2.75) is 52.4 Å². The third-order valence-electron chi connectivity index (χ3n) is 2.46. The van der Waals surface area contributed by atoms with Gasteiger partial charge in [0.15, 0.2) is 0 Å². The second-order valence-corrected chi connectivity index (χ2v) is 3.55. The van der Waals surface area contributed by atoms with Crippen LogP contribution in [0.4, 0.5) is 0 Å². The van der Waals surface area contributed by atoms with Crippen LogP contribution in [0, 0.1) is 0 Å². The lowest BCUT2D eigenvalue weighted by Crippen LogP contribution is -1.86. The van der Waals surface area contributed by atoms with Crippen molar-refractivity contribution in [3.8, 4) is 0 Å². The molecule has 68 valence electrons. The molecule has 0 atom stereocenters. The number of hydrogen-bond donors (Lipinski definition) is 0. The van der Waals surface area contributed by atoms with Gasteiger partial charge in [0, 0.05) is 0 Å². The molecule has 0 spiro atoms. The van der Waals surface area contributed by atoms with Gasteiger partial charge >= 0.3 is 0 Å². The quantitative estimate of drug-likeness (QED) is 0.570. The van der Waals surface area contributed by atoms with Gasteiger partial charge in [-0.3, -0.25) is 0 Å². The highest BCUT2D eigenvalue weighted by atomic mass is 14.1. The van der Waals surface area contributed by atoms with Crippen LogP contribution >= 0.6 is 0 Å². The molecule has 1 rings (SSSR count). The van der Waals surface area contributed by atoms with Crippen LogP contribution in [0.3, 0.4) is 0 Å². The van der Waals surface area contributed by atoms with Crippen LogP contribution in [0.25, 0.3) is 0 Å². The van der Waals surface area contributed by atoms with Crippen LogP contribution in [0.5, 0.6) is 0 Å². The average molecular weight is 164 g/mol. The molecule has 0 aliphatic heterocycles. The fourth-order valence-electron chi connectivity index (χ4n) is 1.77. The first kappa shape index (κ1) is 9.57. The third kappa shape index (κ3) is 2.51. The molecule has 0 saturated carbocycles. The Morgan fingerprint density at radius 2 is 1.67 bits per heavy atom. The van der Waals surface area contributed by atoms with Crippen LogP contribution in [-0.2, 0) is 0 Å². The number of unbranched alkanes of at least 4 members (excludes halogenated alkanes) is 1. The van der Waals surface area contributed by atoms with Gasteiger partial charge < -0.3 is 0 Å². The van der Waals surface area contributed by atoms with Crippen molar-refractivity contribution in [3.05, 3.63) is 23.3 Å². The molecule has 0 aromatic rings. The first-order chi connectivity index (χ1) is 5.88. The molecule has 0 radical (unpaired) electrons. The van der Waals surface area contributed by atoms with Crippen molar-refractivity contribution in [2.75, 3.05) is 0 Å². The van der Waals surface area contributed by atoms with Crippen molar-refractivity contribution >= 4 is 0 Å². The molecule has 1 aliphatic rings. The number of hydrogen-bond acceptors (Lipinski definition) is 0. The summed E-state index contributed by atoms with van der Waals surface area (Å²) in [4.78, 5) is 0. The van der Waals surface area contributed by atoms with Gasteiger partial charge in [-0.15, -0.1) is 0 Å². The molecule has 0 bridgehead atoms. The van der Waals surface area contributed by atoms with E-state index in [0.29, 0.717) is 0 Å². The summed E-state index contributed by atoms with van der Waals surface area (Å²) >= 11 is 0. The second-order valence-electron chi connectivity index (χ2n) is 3.55. The van der Waals surface area contributed by atoms with E-state index in [-0.39, 0.29) is 0 Å². The highest BCUT2D eigenvalue weighted by Crippen LogP contribution is 2.27. The molecule has 0 fully saturated rings. The molecule has 0 saturated heterocycles. The Hall–Kier alpha value is -0.520. The summed E-state index contributed by atoms with van der Waals surface area (Å²) in [6, 6.07) is 0. The van der Waals surface area contributed by atoms with E-state index in [9.17, 15) is 0 Å². The molecule has 0 nitrogen and oxygen atoms in total. The molecule has 0 amide bonds. The van der Waals surface area contributed by atoms with Crippen molar-refractivity contribution in [1.29, 1.82) is 0 Å². The summed E-state index contributed by atoms with van der Waals surface area (Å²) in [6.07, 6.45) is 12.5. The van der Waals surface area contributed by atoms with Crippen molar-refractivity contribution in [3.63, 3.8) is 0 Å². The maximum Gasteiger partial charge on any atom is -0.0157 e. The minimum atomic E-state index is 1.19. The Balaban J connectivity index is 2.38. The Kier molecular flexibility index (Phi) is 4.13. The zero-order valence-electron chi connectivity index (χ0n) is 8.40. The van der Waals surface area contributed by atoms with Crippen LogP contribution in [0.2, 0.25) is 0 Å². The van der Waals surface area contributed by atoms with Gasteiger partial charge in [0.1, 0.15) is 0 Å². The van der Waals surface area contributed by atoms with E-state index in [2.05, 4.69) is 26.0 Å². The van der Waals surface area contributed by atoms with E-state index in [0.717, 1.165) is 0 Å². The molecule has 0 N–H and O–H groups in total. The van der Waals surface area contributed by atoms with E-state index < -0.39 is 0 Å². The van der Waals surface area contributed by atoms with Crippen molar-refractivity contribution in [2.24, 2.45) is 0 Å². The molecule has 0 aromatic heterocycles. The van der Waals surface area contributed by atoms with E-state index in [1.165, 1.54) is 38.5 Å². The molecule has 0 unspecified atom stereocenters. The predicted octanol–water partition coefficient (Wildman–Crippen LogP) is 4.23. The standard InChI is InChI=1S/C12H20/c1-3-5-8-12-10-6-9-11(12)7-4-2/h9-10H,3-8H2,1-2H3. The van der Waals surface area contributed by atoms with Crippen molar-refractivity contribution < 1.29 is 0 Å². The van der Waals surface area contributed by atoms with Gasteiger partial charge in [-0.1, -0.05) is 38.8 Å². The Labute approximate surface area is 76.4 Å². The highest BCUT2D eigenvalue weighted by Gasteiger charge is 2.07. The molecule has 0 aromatic carbocycles. The molecular weight excluding hydrogens is 144 g/mol. The second kappa shape index (κ2) is 5.18. The average Bonchev–Trinajstić information content (AvgIpc) is 2.50. The summed E-state index contributed by atoms with van der Waals surface area (Å²) in [6.45, 7) is 4.52. The van der Waals surface area contributed by atoms with Crippen molar-refractivity contribution in [1.82, 2.24) is 0 Å². The molecule has 0 heterocycles. The van der Waals surface area contributed by atoms with Crippen LogP contribution in [0.1, 0.15) is 52.4 Å². The van der Waals surface area contributed by atoms with E-state index in [1.807, 2.05) is 0 Å². The number of allylic oxidation sites excluding steroid dienone is 4. The molecular formula is C12H20. The minimum Gasteiger partial charge on any atom is -0.0772 e. The minimum absolute atomic E-state index is 1.19. The largest absolute Gasteiger partial charge is 0.0772 e. The Morgan fingerprint density at radius 3 is 2.25 bits per heavy atom. The van der Waals surface area contributed by atoms with E-state index in [4.69, 9.17) is 0 Å². The van der Waals surface area contributed by atoms with E-state index in [1.54, 1.807) is 11.1 Å². The SMILES string of the molecule is CCCCC1=CCC=C1CCC. The Bertz CT molecular complexity index is 184. The maximum absolute atomic E-state index is 2.40. The van der Waals surface area contributed by atoms with Gasteiger partial charge in [0.25, 0.3) is 0 Å². The van der Waals surface area contributed by atoms with E-state index >= 15 is 0 Å². The Morgan fingerprint density at radius 1 is 1.00 bits per heavy atom. The smallest absolute Gasteiger partial charge is 0.0157 e. The first-order valence-electron chi connectivity index (χ1n) is 5.27. The van der Waals surface area contributed by atoms with Crippen LogP contribution in [0.15, 0.2) is 23.3 Å². The zero-order valence-corrected chi connectivity index (χ0v) is 8.40. The lowest BCUT2D eigenvalue weighted by atomic mass is 10.0. The summed E-state index contributed by atoms with van der Waals surface area (Å²) in [5, 5.41) is 0. The summed E-state index contributed by atoms with van der Waals surface area (Å²) in [5.41, 5.74) is 3.27.